The first-order valence-corrected chi connectivity index (χ1v) is 6.29. The molecule has 0 fully saturated rings. The lowest BCUT2D eigenvalue weighted by Gasteiger charge is -2.13. The third-order valence-corrected chi connectivity index (χ3v) is 3.45. The third-order valence-electron chi connectivity index (χ3n) is 2.76. The van der Waals surface area contributed by atoms with Gasteiger partial charge in [0.05, 0.1) is 12.7 Å². The Morgan fingerprint density at radius 3 is 2.76 bits per heavy atom. The summed E-state index contributed by atoms with van der Waals surface area (Å²) in [6.45, 7) is 0. The van der Waals surface area contributed by atoms with E-state index in [4.69, 9.17) is 4.74 Å². The van der Waals surface area contributed by atoms with Crippen molar-refractivity contribution in [2.75, 3.05) is 7.11 Å². The predicted molar refractivity (Wildman–Crippen MR) is 70.3 cm³/mol. The number of hydrogen-bond donors (Lipinski definition) is 1. The van der Waals surface area contributed by atoms with Crippen molar-refractivity contribution in [1.82, 2.24) is 5.32 Å². The van der Waals surface area contributed by atoms with Gasteiger partial charge >= 0.3 is 0 Å². The predicted octanol–water partition coefficient (Wildman–Crippen LogP) is 2.91. The number of amides is 1. The second-order valence-electron chi connectivity index (χ2n) is 3.96. The van der Waals surface area contributed by atoms with E-state index in [0.717, 1.165) is 17.3 Å². The first-order chi connectivity index (χ1) is 8.20. The number of carbonyl (C=O) groups is 1. The van der Waals surface area contributed by atoms with Crippen LogP contribution in [0.2, 0.25) is 0 Å². The summed E-state index contributed by atoms with van der Waals surface area (Å²) < 4.78 is 5.90. The smallest absolute Gasteiger partial charge is 0.252 e. The van der Waals surface area contributed by atoms with E-state index in [1.165, 1.54) is 0 Å². The molecule has 1 aromatic rings. The standard InChI is InChI=1S/C13H14BrNO2/c1-17-10-6-7-12(14)11(8-10)13(16)15-9-4-2-3-5-9/h2-3,6-9H,4-5H2,1H3,(H,15,16). The quantitative estimate of drug-likeness (QED) is 0.871. The van der Waals surface area contributed by atoms with Gasteiger partial charge in [-0.2, -0.15) is 0 Å². The monoisotopic (exact) mass is 295 g/mol. The minimum atomic E-state index is -0.0653. The molecule has 1 aliphatic rings. The molecule has 0 aliphatic heterocycles. The van der Waals surface area contributed by atoms with Crippen LogP contribution in [0.4, 0.5) is 0 Å². The van der Waals surface area contributed by atoms with Crippen LogP contribution < -0.4 is 10.1 Å². The first kappa shape index (κ1) is 12.2. The van der Waals surface area contributed by atoms with Gasteiger partial charge in [-0.1, -0.05) is 12.2 Å². The molecule has 17 heavy (non-hydrogen) atoms. The van der Waals surface area contributed by atoms with Crippen LogP contribution in [-0.4, -0.2) is 19.1 Å². The van der Waals surface area contributed by atoms with Crippen molar-refractivity contribution in [3.63, 3.8) is 0 Å². The lowest BCUT2D eigenvalue weighted by molar-refractivity contribution is 0.0938. The molecule has 0 aromatic heterocycles. The Hall–Kier alpha value is -1.29. The normalized spacial score (nSPS) is 14.9. The molecule has 0 bridgehead atoms. The van der Waals surface area contributed by atoms with Gasteiger partial charge in [-0.15, -0.1) is 0 Å². The Labute approximate surface area is 109 Å². The minimum Gasteiger partial charge on any atom is -0.497 e. The largest absolute Gasteiger partial charge is 0.497 e. The Kier molecular flexibility index (Phi) is 3.84. The molecule has 0 saturated carbocycles. The summed E-state index contributed by atoms with van der Waals surface area (Å²) in [5, 5.41) is 3.00. The zero-order chi connectivity index (χ0) is 12.3. The van der Waals surface area contributed by atoms with E-state index in [1.807, 2.05) is 12.1 Å². The van der Waals surface area contributed by atoms with E-state index in [9.17, 15) is 4.79 Å². The van der Waals surface area contributed by atoms with E-state index < -0.39 is 0 Å². The number of carbonyl (C=O) groups excluding carboxylic acids is 1. The highest BCUT2D eigenvalue weighted by Gasteiger charge is 2.16. The molecule has 4 heteroatoms. The van der Waals surface area contributed by atoms with E-state index >= 15 is 0 Å². The second kappa shape index (κ2) is 5.36. The van der Waals surface area contributed by atoms with E-state index in [2.05, 4.69) is 33.4 Å². The van der Waals surface area contributed by atoms with Crippen LogP contribution in [0.1, 0.15) is 23.2 Å². The van der Waals surface area contributed by atoms with Gasteiger partial charge < -0.3 is 10.1 Å². The highest BCUT2D eigenvalue weighted by molar-refractivity contribution is 9.10. The van der Waals surface area contributed by atoms with Crippen LogP contribution in [-0.2, 0) is 0 Å². The molecule has 2 rings (SSSR count). The zero-order valence-electron chi connectivity index (χ0n) is 9.57. The Morgan fingerprint density at radius 2 is 2.12 bits per heavy atom. The summed E-state index contributed by atoms with van der Waals surface area (Å²) in [6, 6.07) is 5.60. The SMILES string of the molecule is COc1ccc(Br)c(C(=O)NC2CC=CC2)c1. The number of methoxy groups -OCH3 is 1. The summed E-state index contributed by atoms with van der Waals surface area (Å²) in [6.07, 6.45) is 6.00. The molecule has 1 aromatic carbocycles. The van der Waals surface area contributed by atoms with Gasteiger partial charge in [0, 0.05) is 10.5 Å². The molecule has 0 radical (unpaired) electrons. The van der Waals surface area contributed by atoms with Gasteiger partial charge in [-0.25, -0.2) is 0 Å². The molecule has 0 unspecified atom stereocenters. The third kappa shape index (κ3) is 2.88. The van der Waals surface area contributed by atoms with Crippen LogP contribution in [0, 0.1) is 0 Å². The van der Waals surface area contributed by atoms with Gasteiger partial charge in [-0.05, 0) is 47.0 Å². The van der Waals surface area contributed by atoms with Crippen LogP contribution in [0.5, 0.6) is 5.75 Å². The van der Waals surface area contributed by atoms with Crippen LogP contribution in [0.3, 0.4) is 0 Å². The highest BCUT2D eigenvalue weighted by Crippen LogP contribution is 2.23. The van der Waals surface area contributed by atoms with Gasteiger partial charge in [0.25, 0.3) is 5.91 Å². The Balaban J connectivity index is 2.12. The molecule has 90 valence electrons. The fourth-order valence-corrected chi connectivity index (χ4v) is 2.23. The average molecular weight is 296 g/mol. The van der Waals surface area contributed by atoms with Gasteiger partial charge in [0.2, 0.25) is 0 Å². The lowest BCUT2D eigenvalue weighted by atomic mass is 10.1. The van der Waals surface area contributed by atoms with Gasteiger partial charge in [0.1, 0.15) is 5.75 Å². The van der Waals surface area contributed by atoms with Crippen LogP contribution in [0.25, 0.3) is 0 Å². The molecule has 1 aliphatic carbocycles. The number of halogens is 1. The summed E-state index contributed by atoms with van der Waals surface area (Å²) in [5.74, 6) is 0.618. The summed E-state index contributed by atoms with van der Waals surface area (Å²) in [7, 11) is 1.59. The van der Waals surface area contributed by atoms with Gasteiger partial charge in [-0.3, -0.25) is 4.79 Å². The summed E-state index contributed by atoms with van der Waals surface area (Å²) in [4.78, 5) is 12.1. The number of nitrogens with one attached hydrogen (secondary N) is 1. The van der Waals surface area contributed by atoms with Crippen molar-refractivity contribution in [2.45, 2.75) is 18.9 Å². The fraction of sp³-hybridized carbons (Fsp3) is 0.308. The topological polar surface area (TPSA) is 38.3 Å². The first-order valence-electron chi connectivity index (χ1n) is 5.50. The number of hydrogen-bond acceptors (Lipinski definition) is 2. The van der Waals surface area contributed by atoms with E-state index in [0.29, 0.717) is 11.3 Å². The van der Waals surface area contributed by atoms with Gasteiger partial charge in [0.15, 0.2) is 0 Å². The van der Waals surface area contributed by atoms with Crippen molar-refractivity contribution in [3.05, 3.63) is 40.4 Å². The Bertz CT molecular complexity index is 449. The van der Waals surface area contributed by atoms with Crippen molar-refractivity contribution < 1.29 is 9.53 Å². The molecule has 1 N–H and O–H groups in total. The summed E-state index contributed by atoms with van der Waals surface area (Å²) in [5.41, 5.74) is 0.608. The minimum absolute atomic E-state index is 0.0653. The molecular formula is C13H14BrNO2. The summed E-state index contributed by atoms with van der Waals surface area (Å²) >= 11 is 3.38. The molecule has 0 atom stereocenters. The molecule has 3 nitrogen and oxygen atoms in total. The maximum atomic E-state index is 12.1. The van der Waals surface area contributed by atoms with E-state index in [-0.39, 0.29) is 11.9 Å². The Morgan fingerprint density at radius 1 is 1.41 bits per heavy atom. The zero-order valence-corrected chi connectivity index (χ0v) is 11.2. The van der Waals surface area contributed by atoms with Crippen LogP contribution >= 0.6 is 15.9 Å². The van der Waals surface area contributed by atoms with Crippen molar-refractivity contribution in [2.24, 2.45) is 0 Å². The maximum absolute atomic E-state index is 12.1. The highest BCUT2D eigenvalue weighted by atomic mass is 79.9. The lowest BCUT2D eigenvalue weighted by Crippen LogP contribution is -2.33. The number of benzene rings is 1. The number of ether oxygens (including phenoxy) is 1. The molecule has 0 heterocycles. The maximum Gasteiger partial charge on any atom is 0.252 e. The van der Waals surface area contributed by atoms with Crippen molar-refractivity contribution in [1.29, 1.82) is 0 Å². The fourth-order valence-electron chi connectivity index (χ4n) is 1.80. The van der Waals surface area contributed by atoms with Crippen LogP contribution in [0.15, 0.2) is 34.8 Å². The molecular weight excluding hydrogens is 282 g/mol. The van der Waals surface area contributed by atoms with Crippen molar-refractivity contribution >= 4 is 21.8 Å². The molecule has 0 spiro atoms. The van der Waals surface area contributed by atoms with Crippen molar-refractivity contribution in [3.8, 4) is 5.75 Å². The molecule has 1 amide bonds. The average Bonchev–Trinajstić information content (AvgIpc) is 2.82. The van der Waals surface area contributed by atoms with E-state index in [1.54, 1.807) is 13.2 Å². The number of rotatable bonds is 3. The molecule has 0 saturated heterocycles. The second-order valence-corrected chi connectivity index (χ2v) is 4.81.